The molecule has 0 N–H and O–H groups in total. The Bertz CT molecular complexity index is 982. The van der Waals surface area contributed by atoms with E-state index in [9.17, 15) is 14.4 Å². The smallest absolute Gasteiger partial charge is 0.263 e. The summed E-state index contributed by atoms with van der Waals surface area (Å²) in [6.45, 7) is 1.54. The van der Waals surface area contributed by atoms with E-state index in [4.69, 9.17) is 9.72 Å². The number of rotatable bonds is 7. The van der Waals surface area contributed by atoms with Crippen molar-refractivity contribution < 1.29 is 14.3 Å². The van der Waals surface area contributed by atoms with E-state index in [0.29, 0.717) is 37.7 Å². The molecule has 0 atom stereocenters. The Morgan fingerprint density at radius 3 is 2.86 bits per heavy atom. The number of thioether (sulfide) groups is 1. The normalized spacial score (nSPS) is 16.3. The number of aryl methyl sites for hydroxylation is 2. The number of nitrogens with zero attached hydrogens (tertiary/aromatic N) is 3. The van der Waals surface area contributed by atoms with Crippen molar-refractivity contribution in [1.82, 2.24) is 14.5 Å². The molecule has 2 aromatic heterocycles. The van der Waals surface area contributed by atoms with Gasteiger partial charge in [0.15, 0.2) is 5.16 Å². The molecule has 150 valence electrons. The summed E-state index contributed by atoms with van der Waals surface area (Å²) in [6.07, 6.45) is 4.89. The molecule has 0 aromatic carbocycles. The van der Waals surface area contributed by atoms with Gasteiger partial charge in [0.05, 0.1) is 11.1 Å². The van der Waals surface area contributed by atoms with Gasteiger partial charge >= 0.3 is 0 Å². The molecule has 0 bridgehead atoms. The molecule has 28 heavy (non-hydrogen) atoms. The largest absolute Gasteiger partial charge is 0.385 e. The van der Waals surface area contributed by atoms with Gasteiger partial charge < -0.3 is 4.74 Å². The average molecular weight is 422 g/mol. The van der Waals surface area contributed by atoms with Crippen LogP contribution in [0.3, 0.4) is 0 Å². The first-order valence-corrected chi connectivity index (χ1v) is 11.4. The standard InChI is InChI=1S/C19H23N3O4S2/c1-26-10-4-9-22-18(25)16-12-5-2-6-13(12)28-17(16)20-19(22)27-11-15(24)21-8-3-7-14(21)23/h2-11H2,1H3. The number of amides is 2. The molecule has 0 spiro atoms. The Kier molecular flexibility index (Phi) is 5.84. The van der Waals surface area contributed by atoms with Gasteiger partial charge in [0.1, 0.15) is 4.83 Å². The van der Waals surface area contributed by atoms with Gasteiger partial charge in [0.2, 0.25) is 11.8 Å². The summed E-state index contributed by atoms with van der Waals surface area (Å²) in [4.78, 5) is 45.5. The number of likely N-dealkylation sites (tertiary alicyclic amines) is 1. The highest BCUT2D eigenvalue weighted by Crippen LogP contribution is 2.35. The number of ether oxygens (including phenoxy) is 1. The lowest BCUT2D eigenvalue weighted by molar-refractivity contribution is -0.140. The molecule has 1 aliphatic heterocycles. The molecule has 1 saturated heterocycles. The number of thiophene rings is 1. The van der Waals surface area contributed by atoms with E-state index in [1.54, 1.807) is 23.0 Å². The summed E-state index contributed by atoms with van der Waals surface area (Å²) in [5.74, 6) is -0.209. The van der Waals surface area contributed by atoms with E-state index in [0.717, 1.165) is 41.5 Å². The van der Waals surface area contributed by atoms with Gasteiger partial charge in [-0.1, -0.05) is 11.8 Å². The highest BCUT2D eigenvalue weighted by atomic mass is 32.2. The molecule has 0 radical (unpaired) electrons. The molecule has 2 aliphatic rings. The zero-order chi connectivity index (χ0) is 19.7. The van der Waals surface area contributed by atoms with Gasteiger partial charge in [0.25, 0.3) is 5.56 Å². The molecule has 3 heterocycles. The predicted octanol–water partition coefficient (Wildman–Crippen LogP) is 2.22. The molecular weight excluding hydrogens is 398 g/mol. The summed E-state index contributed by atoms with van der Waals surface area (Å²) in [6, 6.07) is 0. The molecule has 9 heteroatoms. The van der Waals surface area contributed by atoms with Crippen molar-refractivity contribution in [2.75, 3.05) is 26.0 Å². The Morgan fingerprint density at radius 1 is 1.25 bits per heavy atom. The van der Waals surface area contributed by atoms with Crippen molar-refractivity contribution in [3.8, 4) is 0 Å². The summed E-state index contributed by atoms with van der Waals surface area (Å²) in [5, 5.41) is 1.30. The van der Waals surface area contributed by atoms with Crippen LogP contribution in [0.4, 0.5) is 0 Å². The zero-order valence-electron chi connectivity index (χ0n) is 15.9. The lowest BCUT2D eigenvalue weighted by atomic mass is 10.2. The van der Waals surface area contributed by atoms with Gasteiger partial charge in [0, 0.05) is 38.1 Å². The van der Waals surface area contributed by atoms with Crippen molar-refractivity contribution in [1.29, 1.82) is 0 Å². The number of methoxy groups -OCH3 is 1. The topological polar surface area (TPSA) is 81.5 Å². The second kappa shape index (κ2) is 8.34. The van der Waals surface area contributed by atoms with E-state index < -0.39 is 0 Å². The summed E-state index contributed by atoms with van der Waals surface area (Å²) < 4.78 is 6.81. The highest BCUT2D eigenvalue weighted by Gasteiger charge is 2.27. The fourth-order valence-electron chi connectivity index (χ4n) is 3.85. The number of carbonyl (C=O) groups is 2. The van der Waals surface area contributed by atoms with Crippen LogP contribution >= 0.6 is 23.1 Å². The Morgan fingerprint density at radius 2 is 2.11 bits per heavy atom. The zero-order valence-corrected chi connectivity index (χ0v) is 17.5. The van der Waals surface area contributed by atoms with E-state index in [1.165, 1.54) is 21.5 Å². The van der Waals surface area contributed by atoms with Crippen molar-refractivity contribution in [3.05, 3.63) is 20.8 Å². The fourth-order valence-corrected chi connectivity index (χ4v) is 6.05. The van der Waals surface area contributed by atoms with E-state index >= 15 is 0 Å². The first-order valence-electron chi connectivity index (χ1n) is 9.60. The Labute approximate surface area is 171 Å². The maximum atomic E-state index is 13.2. The van der Waals surface area contributed by atoms with Crippen molar-refractivity contribution in [2.24, 2.45) is 0 Å². The number of hydrogen-bond acceptors (Lipinski definition) is 7. The van der Waals surface area contributed by atoms with Crippen LogP contribution in [0.1, 0.15) is 36.1 Å². The van der Waals surface area contributed by atoms with Gasteiger partial charge in [-0.15, -0.1) is 11.3 Å². The molecule has 2 aromatic rings. The number of aromatic nitrogens is 2. The molecule has 2 amide bonds. The third kappa shape index (κ3) is 3.62. The molecule has 4 rings (SSSR count). The van der Waals surface area contributed by atoms with Crippen LogP contribution in [-0.4, -0.2) is 52.3 Å². The van der Waals surface area contributed by atoms with Crippen LogP contribution in [0.2, 0.25) is 0 Å². The molecular formula is C19H23N3O4S2. The Balaban J connectivity index is 1.63. The van der Waals surface area contributed by atoms with Crippen LogP contribution in [0, 0.1) is 0 Å². The van der Waals surface area contributed by atoms with Crippen LogP contribution in [0.15, 0.2) is 9.95 Å². The maximum absolute atomic E-state index is 13.2. The fraction of sp³-hybridized carbons (Fsp3) is 0.579. The van der Waals surface area contributed by atoms with Crippen LogP contribution in [0.5, 0.6) is 0 Å². The van der Waals surface area contributed by atoms with Gasteiger partial charge in [-0.3, -0.25) is 23.9 Å². The quantitative estimate of drug-likeness (QED) is 0.387. The van der Waals surface area contributed by atoms with Crippen LogP contribution in [-0.2, 0) is 33.7 Å². The minimum atomic E-state index is -0.209. The van der Waals surface area contributed by atoms with Gasteiger partial charge in [-0.25, -0.2) is 4.98 Å². The van der Waals surface area contributed by atoms with Gasteiger partial charge in [-0.05, 0) is 37.7 Å². The van der Waals surface area contributed by atoms with E-state index in [-0.39, 0.29) is 23.1 Å². The molecule has 7 nitrogen and oxygen atoms in total. The maximum Gasteiger partial charge on any atom is 0.263 e. The van der Waals surface area contributed by atoms with Crippen LogP contribution < -0.4 is 5.56 Å². The molecule has 1 fully saturated rings. The number of fused-ring (bicyclic) bond motifs is 3. The summed E-state index contributed by atoms with van der Waals surface area (Å²) >= 11 is 2.85. The Hall–Kier alpha value is -1.71. The number of hydrogen-bond donors (Lipinski definition) is 0. The summed E-state index contributed by atoms with van der Waals surface area (Å²) in [7, 11) is 1.64. The minimum absolute atomic E-state index is 0.0206. The highest BCUT2D eigenvalue weighted by molar-refractivity contribution is 7.99. The monoisotopic (exact) mass is 421 g/mol. The molecule has 0 unspecified atom stereocenters. The van der Waals surface area contributed by atoms with E-state index in [1.807, 2.05) is 0 Å². The average Bonchev–Trinajstić information content (AvgIpc) is 3.37. The van der Waals surface area contributed by atoms with Crippen molar-refractivity contribution in [3.63, 3.8) is 0 Å². The minimum Gasteiger partial charge on any atom is -0.385 e. The lowest BCUT2D eigenvalue weighted by Gasteiger charge is -2.15. The van der Waals surface area contributed by atoms with Crippen molar-refractivity contribution >= 4 is 45.1 Å². The first kappa shape index (κ1) is 19.6. The predicted molar refractivity (Wildman–Crippen MR) is 109 cm³/mol. The van der Waals surface area contributed by atoms with Crippen LogP contribution in [0.25, 0.3) is 10.2 Å². The molecule has 0 saturated carbocycles. The van der Waals surface area contributed by atoms with E-state index in [2.05, 4.69) is 0 Å². The van der Waals surface area contributed by atoms with Gasteiger partial charge in [-0.2, -0.15) is 0 Å². The number of imide groups is 1. The third-order valence-corrected chi connectivity index (χ3v) is 7.37. The summed E-state index contributed by atoms with van der Waals surface area (Å²) in [5.41, 5.74) is 1.14. The second-order valence-electron chi connectivity index (χ2n) is 7.07. The third-order valence-electron chi connectivity index (χ3n) is 5.22. The lowest BCUT2D eigenvalue weighted by Crippen LogP contribution is -2.33. The second-order valence-corrected chi connectivity index (χ2v) is 9.09. The number of carbonyl (C=O) groups excluding carboxylic acids is 2. The SMILES string of the molecule is COCCCn1c(SCC(=O)N2CCCC2=O)nc2sc3c(c2c1=O)CCC3. The van der Waals surface area contributed by atoms with Crippen molar-refractivity contribution in [2.45, 2.75) is 50.2 Å². The first-order chi connectivity index (χ1) is 13.6. The molecule has 1 aliphatic carbocycles.